The first kappa shape index (κ1) is 19.4. The minimum atomic E-state index is -0.140. The van der Waals surface area contributed by atoms with Crippen LogP contribution in [0.4, 0.5) is 5.69 Å². The van der Waals surface area contributed by atoms with Crippen molar-refractivity contribution in [3.8, 4) is 11.8 Å². The zero-order chi connectivity index (χ0) is 21.3. The predicted octanol–water partition coefficient (Wildman–Crippen LogP) is 2.66. The molecule has 0 aliphatic rings. The van der Waals surface area contributed by atoms with Gasteiger partial charge in [0.1, 0.15) is 12.1 Å². The lowest BCUT2D eigenvalue weighted by atomic mass is 10.1. The summed E-state index contributed by atoms with van der Waals surface area (Å²) in [4.78, 5) is 29.9. The Labute approximate surface area is 173 Å². The summed E-state index contributed by atoms with van der Waals surface area (Å²) in [6, 6.07) is 5.55. The van der Waals surface area contributed by atoms with Crippen molar-refractivity contribution in [3.05, 3.63) is 71.5 Å². The molecule has 4 heterocycles. The van der Waals surface area contributed by atoms with Crippen LogP contribution in [0.1, 0.15) is 28.3 Å². The van der Waals surface area contributed by atoms with Gasteiger partial charge in [0, 0.05) is 35.0 Å². The molecule has 4 aromatic rings. The number of anilines is 1. The molecule has 1 N–H and O–H groups in total. The molecule has 0 saturated carbocycles. The summed E-state index contributed by atoms with van der Waals surface area (Å²) < 4.78 is 3.49. The molecule has 9 heteroatoms. The fourth-order valence-corrected chi connectivity index (χ4v) is 3.30. The van der Waals surface area contributed by atoms with E-state index >= 15 is 0 Å². The van der Waals surface area contributed by atoms with E-state index in [1.54, 1.807) is 28.0 Å². The highest BCUT2D eigenvalue weighted by molar-refractivity contribution is 5.92. The standard InChI is InChI=1S/C21H22N8O/c1-13-9-14(2)25-21(24-13)29-16(4)18(15(3)27-29)10-20(30)26-17-5-6-19(23-11-17)28-8-7-22-12-28/h5-9,11-12H,10H2,1-4H3,(H,26,30). The van der Waals surface area contributed by atoms with Crippen molar-refractivity contribution >= 4 is 11.6 Å². The summed E-state index contributed by atoms with van der Waals surface area (Å²) in [5.41, 5.74) is 4.86. The molecule has 4 aromatic heterocycles. The Morgan fingerprint density at radius 1 is 1.10 bits per heavy atom. The summed E-state index contributed by atoms with van der Waals surface area (Å²) in [5.74, 6) is 1.10. The Morgan fingerprint density at radius 2 is 1.87 bits per heavy atom. The molecular formula is C21H22N8O. The van der Waals surface area contributed by atoms with Gasteiger partial charge in [-0.05, 0) is 45.9 Å². The molecule has 1 amide bonds. The van der Waals surface area contributed by atoms with Crippen molar-refractivity contribution in [2.75, 3.05) is 5.32 Å². The molecule has 152 valence electrons. The highest BCUT2D eigenvalue weighted by Gasteiger charge is 2.18. The van der Waals surface area contributed by atoms with E-state index in [-0.39, 0.29) is 12.3 Å². The molecular weight excluding hydrogens is 380 g/mol. The van der Waals surface area contributed by atoms with E-state index in [0.29, 0.717) is 11.6 Å². The van der Waals surface area contributed by atoms with E-state index in [2.05, 4.69) is 30.4 Å². The number of pyridine rings is 1. The molecule has 30 heavy (non-hydrogen) atoms. The first-order valence-corrected chi connectivity index (χ1v) is 9.52. The monoisotopic (exact) mass is 402 g/mol. The van der Waals surface area contributed by atoms with Gasteiger partial charge in [0.15, 0.2) is 0 Å². The molecule has 0 radical (unpaired) electrons. The smallest absolute Gasteiger partial charge is 0.251 e. The number of aryl methyl sites for hydroxylation is 3. The molecule has 0 unspecified atom stereocenters. The summed E-state index contributed by atoms with van der Waals surface area (Å²) in [6.07, 6.45) is 6.99. The van der Waals surface area contributed by atoms with Gasteiger partial charge in [-0.2, -0.15) is 5.10 Å². The maximum Gasteiger partial charge on any atom is 0.251 e. The Morgan fingerprint density at radius 3 is 2.50 bits per heavy atom. The Hall–Kier alpha value is -3.88. The molecule has 0 aliphatic heterocycles. The minimum absolute atomic E-state index is 0.140. The van der Waals surface area contributed by atoms with Crippen molar-refractivity contribution in [3.63, 3.8) is 0 Å². The van der Waals surface area contributed by atoms with Gasteiger partial charge in [-0.3, -0.25) is 9.36 Å². The fraction of sp³-hybridized carbons (Fsp3) is 0.238. The zero-order valence-electron chi connectivity index (χ0n) is 17.3. The first-order chi connectivity index (χ1) is 14.4. The van der Waals surface area contributed by atoms with Crippen molar-refractivity contribution in [2.45, 2.75) is 34.1 Å². The van der Waals surface area contributed by atoms with Crippen molar-refractivity contribution in [2.24, 2.45) is 0 Å². The van der Waals surface area contributed by atoms with E-state index in [9.17, 15) is 4.79 Å². The summed E-state index contributed by atoms with van der Waals surface area (Å²) in [6.45, 7) is 7.65. The highest BCUT2D eigenvalue weighted by atomic mass is 16.1. The van der Waals surface area contributed by atoms with E-state index in [4.69, 9.17) is 0 Å². The SMILES string of the molecule is Cc1cc(C)nc(-n2nc(C)c(CC(=O)Nc3ccc(-n4ccnc4)nc3)c2C)n1. The predicted molar refractivity (Wildman–Crippen MR) is 112 cm³/mol. The summed E-state index contributed by atoms with van der Waals surface area (Å²) in [5, 5.41) is 7.44. The van der Waals surface area contributed by atoms with Crippen LogP contribution >= 0.6 is 0 Å². The largest absolute Gasteiger partial charge is 0.324 e. The Balaban J connectivity index is 1.50. The number of amides is 1. The lowest BCUT2D eigenvalue weighted by Gasteiger charge is -2.08. The van der Waals surface area contributed by atoms with Crippen LogP contribution in [0.2, 0.25) is 0 Å². The molecule has 4 rings (SSSR count). The van der Waals surface area contributed by atoms with Crippen LogP contribution in [0.15, 0.2) is 43.1 Å². The number of rotatable bonds is 5. The molecule has 0 bridgehead atoms. The second kappa shape index (κ2) is 7.86. The maximum absolute atomic E-state index is 12.6. The first-order valence-electron chi connectivity index (χ1n) is 9.52. The van der Waals surface area contributed by atoms with Crippen LogP contribution in [0, 0.1) is 27.7 Å². The van der Waals surface area contributed by atoms with E-state index in [0.717, 1.165) is 34.2 Å². The highest BCUT2D eigenvalue weighted by Crippen LogP contribution is 2.18. The molecule has 0 atom stereocenters. The van der Waals surface area contributed by atoms with Crippen molar-refractivity contribution in [1.29, 1.82) is 0 Å². The van der Waals surface area contributed by atoms with Crippen LogP contribution in [0.5, 0.6) is 0 Å². The Bertz CT molecular complexity index is 1170. The molecule has 9 nitrogen and oxygen atoms in total. The minimum Gasteiger partial charge on any atom is -0.324 e. The molecule has 0 fully saturated rings. The molecule has 0 aliphatic carbocycles. The van der Waals surface area contributed by atoms with Crippen LogP contribution in [0.25, 0.3) is 11.8 Å². The molecule has 0 saturated heterocycles. The van der Waals surface area contributed by atoms with Gasteiger partial charge in [0.25, 0.3) is 5.95 Å². The van der Waals surface area contributed by atoms with Crippen LogP contribution in [0.3, 0.4) is 0 Å². The van der Waals surface area contributed by atoms with E-state index in [1.165, 1.54) is 0 Å². The second-order valence-corrected chi connectivity index (χ2v) is 7.11. The van der Waals surface area contributed by atoms with Gasteiger partial charge in [-0.25, -0.2) is 24.6 Å². The number of hydrogen-bond acceptors (Lipinski definition) is 6. The average molecular weight is 402 g/mol. The third-order valence-corrected chi connectivity index (χ3v) is 4.74. The number of aromatic nitrogens is 7. The van der Waals surface area contributed by atoms with E-state index in [1.807, 2.05) is 52.1 Å². The van der Waals surface area contributed by atoms with Gasteiger partial charge in [-0.15, -0.1) is 0 Å². The average Bonchev–Trinajstić information content (AvgIpc) is 3.32. The number of nitrogens with one attached hydrogen (secondary N) is 1. The second-order valence-electron chi connectivity index (χ2n) is 7.11. The van der Waals surface area contributed by atoms with Gasteiger partial charge in [0.05, 0.1) is 24.0 Å². The number of carbonyl (C=O) groups is 1. The van der Waals surface area contributed by atoms with Crippen LogP contribution in [-0.2, 0) is 11.2 Å². The van der Waals surface area contributed by atoms with Gasteiger partial charge in [-0.1, -0.05) is 0 Å². The lowest BCUT2D eigenvalue weighted by molar-refractivity contribution is -0.115. The number of carbonyl (C=O) groups excluding carboxylic acids is 1. The van der Waals surface area contributed by atoms with Crippen molar-refractivity contribution < 1.29 is 4.79 Å². The molecule has 0 aromatic carbocycles. The maximum atomic E-state index is 12.6. The lowest BCUT2D eigenvalue weighted by Crippen LogP contribution is -2.16. The zero-order valence-corrected chi connectivity index (χ0v) is 17.3. The fourth-order valence-electron chi connectivity index (χ4n) is 3.30. The van der Waals surface area contributed by atoms with Crippen LogP contribution in [-0.4, -0.2) is 40.2 Å². The topological polar surface area (TPSA) is 103 Å². The van der Waals surface area contributed by atoms with Crippen LogP contribution < -0.4 is 5.32 Å². The number of nitrogens with zero attached hydrogens (tertiary/aromatic N) is 7. The normalized spacial score (nSPS) is 10.9. The van der Waals surface area contributed by atoms with Gasteiger partial charge in [0.2, 0.25) is 5.91 Å². The number of hydrogen-bond donors (Lipinski definition) is 1. The van der Waals surface area contributed by atoms with E-state index < -0.39 is 0 Å². The van der Waals surface area contributed by atoms with Crippen molar-refractivity contribution in [1.82, 2.24) is 34.3 Å². The van der Waals surface area contributed by atoms with Gasteiger partial charge < -0.3 is 5.32 Å². The Kier molecular flexibility index (Phi) is 5.09. The number of imidazole rings is 1. The van der Waals surface area contributed by atoms with Gasteiger partial charge >= 0.3 is 0 Å². The third-order valence-electron chi connectivity index (χ3n) is 4.74. The quantitative estimate of drug-likeness (QED) is 0.550. The third kappa shape index (κ3) is 3.95. The molecule has 0 spiro atoms. The summed E-state index contributed by atoms with van der Waals surface area (Å²) in [7, 11) is 0. The summed E-state index contributed by atoms with van der Waals surface area (Å²) >= 11 is 0.